The van der Waals surface area contributed by atoms with Crippen LogP contribution in [0, 0.1) is 0 Å². The number of hydrogen-bond acceptors (Lipinski definition) is 6. The maximum Gasteiger partial charge on any atom is 0.271 e. The van der Waals surface area contributed by atoms with E-state index in [1.54, 1.807) is 0 Å². The predicted octanol–water partition coefficient (Wildman–Crippen LogP) is -0.796. The van der Waals surface area contributed by atoms with E-state index in [4.69, 9.17) is 15.2 Å². The van der Waals surface area contributed by atoms with Gasteiger partial charge in [0.25, 0.3) is 5.91 Å². The average molecular weight is 238 g/mol. The number of aromatic nitrogens is 2. The molecule has 7 nitrogen and oxygen atoms in total. The maximum absolute atomic E-state index is 11.7. The van der Waals surface area contributed by atoms with E-state index in [1.165, 1.54) is 12.4 Å². The molecule has 0 bridgehead atoms. The van der Waals surface area contributed by atoms with Crippen molar-refractivity contribution in [3.8, 4) is 0 Å². The van der Waals surface area contributed by atoms with Gasteiger partial charge < -0.3 is 20.5 Å². The number of nitrogens with one attached hydrogen (secondary N) is 1. The normalized spacial score (nSPS) is 19.9. The summed E-state index contributed by atoms with van der Waals surface area (Å²) in [6, 6.07) is 0. The van der Waals surface area contributed by atoms with Gasteiger partial charge in [-0.2, -0.15) is 0 Å². The molecule has 1 aliphatic rings. The van der Waals surface area contributed by atoms with Crippen LogP contribution in [0.4, 0.5) is 5.82 Å². The molecule has 7 heteroatoms. The van der Waals surface area contributed by atoms with Gasteiger partial charge in [0.15, 0.2) is 0 Å². The topological polar surface area (TPSA) is 99.4 Å². The molecule has 92 valence electrons. The number of anilines is 1. The van der Waals surface area contributed by atoms with Gasteiger partial charge in [0.1, 0.15) is 11.5 Å². The fraction of sp³-hybridized carbons (Fsp3) is 0.500. The molecule has 0 aliphatic carbocycles. The fourth-order valence-corrected chi connectivity index (χ4v) is 1.44. The molecular formula is C10H14N4O3. The molecule has 0 radical (unpaired) electrons. The Balaban J connectivity index is 1.84. The molecule has 1 aliphatic heterocycles. The second-order valence-electron chi connectivity index (χ2n) is 3.61. The van der Waals surface area contributed by atoms with Crippen LogP contribution < -0.4 is 11.1 Å². The molecule has 1 atom stereocenters. The van der Waals surface area contributed by atoms with Gasteiger partial charge in [0.2, 0.25) is 0 Å². The number of nitrogen functional groups attached to an aromatic ring is 1. The summed E-state index contributed by atoms with van der Waals surface area (Å²) >= 11 is 0. The minimum Gasteiger partial charge on any atom is -0.382 e. The molecule has 0 saturated carbocycles. The van der Waals surface area contributed by atoms with E-state index in [9.17, 15) is 4.79 Å². The monoisotopic (exact) mass is 238 g/mol. The first-order valence-corrected chi connectivity index (χ1v) is 5.31. The summed E-state index contributed by atoms with van der Waals surface area (Å²) < 4.78 is 10.6. The SMILES string of the molecule is Nc1cncc(C(=O)NCC2COCCO2)n1. The first-order valence-electron chi connectivity index (χ1n) is 5.31. The van der Waals surface area contributed by atoms with Crippen LogP contribution in [-0.2, 0) is 9.47 Å². The molecule has 1 fully saturated rings. The molecule has 1 aromatic heterocycles. The maximum atomic E-state index is 11.7. The zero-order valence-electron chi connectivity index (χ0n) is 9.26. The number of nitrogens with zero attached hydrogens (tertiary/aromatic N) is 2. The van der Waals surface area contributed by atoms with Gasteiger partial charge in [-0.05, 0) is 0 Å². The average Bonchev–Trinajstić information content (AvgIpc) is 2.37. The van der Waals surface area contributed by atoms with Crippen LogP contribution >= 0.6 is 0 Å². The summed E-state index contributed by atoms with van der Waals surface area (Å²) in [6.07, 6.45) is 2.64. The van der Waals surface area contributed by atoms with Gasteiger partial charge in [-0.15, -0.1) is 0 Å². The molecular weight excluding hydrogens is 224 g/mol. The van der Waals surface area contributed by atoms with E-state index in [1.807, 2.05) is 0 Å². The number of hydrogen-bond donors (Lipinski definition) is 2. The number of carbonyl (C=O) groups is 1. The van der Waals surface area contributed by atoms with Crippen LogP contribution in [-0.4, -0.2) is 48.3 Å². The molecule has 1 aromatic rings. The van der Waals surface area contributed by atoms with Gasteiger partial charge in [0.05, 0.1) is 38.3 Å². The van der Waals surface area contributed by atoms with Crippen LogP contribution in [0.5, 0.6) is 0 Å². The Morgan fingerprint density at radius 3 is 3.12 bits per heavy atom. The minimum absolute atomic E-state index is 0.110. The van der Waals surface area contributed by atoms with Crippen molar-refractivity contribution in [2.45, 2.75) is 6.10 Å². The second-order valence-corrected chi connectivity index (χ2v) is 3.61. The van der Waals surface area contributed by atoms with E-state index in [0.29, 0.717) is 26.4 Å². The first-order chi connectivity index (χ1) is 8.25. The van der Waals surface area contributed by atoms with Gasteiger partial charge >= 0.3 is 0 Å². The summed E-state index contributed by atoms with van der Waals surface area (Å²) in [5.41, 5.74) is 5.63. The van der Waals surface area contributed by atoms with E-state index in [2.05, 4.69) is 15.3 Å². The highest BCUT2D eigenvalue weighted by atomic mass is 16.6. The van der Waals surface area contributed by atoms with E-state index >= 15 is 0 Å². The number of rotatable bonds is 3. The summed E-state index contributed by atoms with van der Waals surface area (Å²) in [5, 5.41) is 2.69. The number of nitrogens with two attached hydrogens (primary N) is 1. The van der Waals surface area contributed by atoms with Crippen molar-refractivity contribution in [3.05, 3.63) is 18.1 Å². The summed E-state index contributed by atoms with van der Waals surface area (Å²) in [6.45, 7) is 2.03. The Morgan fingerprint density at radius 1 is 1.53 bits per heavy atom. The Bertz CT molecular complexity index is 393. The standard InChI is InChI=1S/C10H14N4O3/c11-9-5-12-4-8(14-9)10(15)13-3-7-6-16-1-2-17-7/h4-5,7H,1-3,6H2,(H2,11,14)(H,13,15). The highest BCUT2D eigenvalue weighted by Gasteiger charge is 2.16. The predicted molar refractivity (Wildman–Crippen MR) is 59.3 cm³/mol. The lowest BCUT2D eigenvalue weighted by Crippen LogP contribution is -2.40. The lowest BCUT2D eigenvalue weighted by atomic mass is 10.3. The Hall–Kier alpha value is -1.73. The number of amides is 1. The minimum atomic E-state index is -0.320. The van der Waals surface area contributed by atoms with E-state index in [-0.39, 0.29) is 23.5 Å². The highest BCUT2D eigenvalue weighted by Crippen LogP contribution is 2.00. The summed E-state index contributed by atoms with van der Waals surface area (Å²) in [4.78, 5) is 19.3. The molecule has 0 aromatic carbocycles. The van der Waals surface area contributed by atoms with Crippen molar-refractivity contribution in [1.29, 1.82) is 0 Å². The van der Waals surface area contributed by atoms with Gasteiger partial charge in [-0.25, -0.2) is 4.98 Å². The van der Waals surface area contributed by atoms with Crippen molar-refractivity contribution in [2.75, 3.05) is 32.1 Å². The first kappa shape index (κ1) is 11.7. The lowest BCUT2D eigenvalue weighted by Gasteiger charge is -2.22. The van der Waals surface area contributed by atoms with Gasteiger partial charge in [-0.1, -0.05) is 0 Å². The second kappa shape index (κ2) is 5.55. The van der Waals surface area contributed by atoms with Crippen LogP contribution in [0.25, 0.3) is 0 Å². The van der Waals surface area contributed by atoms with Crippen LogP contribution in [0.15, 0.2) is 12.4 Å². The Kier molecular flexibility index (Phi) is 3.84. The zero-order chi connectivity index (χ0) is 12.1. The summed E-state index contributed by atoms with van der Waals surface area (Å²) in [7, 11) is 0. The van der Waals surface area contributed by atoms with Crippen LogP contribution in [0.1, 0.15) is 10.5 Å². The molecule has 17 heavy (non-hydrogen) atoms. The zero-order valence-corrected chi connectivity index (χ0v) is 9.26. The Morgan fingerprint density at radius 2 is 2.41 bits per heavy atom. The molecule has 2 heterocycles. The highest BCUT2D eigenvalue weighted by molar-refractivity contribution is 5.92. The van der Waals surface area contributed by atoms with Crippen LogP contribution in [0.3, 0.4) is 0 Å². The van der Waals surface area contributed by atoms with Crippen molar-refractivity contribution < 1.29 is 14.3 Å². The van der Waals surface area contributed by atoms with E-state index in [0.717, 1.165) is 0 Å². The third-order valence-corrected chi connectivity index (χ3v) is 2.26. The lowest BCUT2D eigenvalue weighted by molar-refractivity contribution is -0.0855. The largest absolute Gasteiger partial charge is 0.382 e. The third-order valence-electron chi connectivity index (χ3n) is 2.26. The number of ether oxygens (including phenoxy) is 2. The molecule has 2 rings (SSSR count). The fourth-order valence-electron chi connectivity index (χ4n) is 1.44. The third kappa shape index (κ3) is 3.36. The molecule has 1 amide bonds. The molecule has 0 spiro atoms. The smallest absolute Gasteiger partial charge is 0.271 e. The van der Waals surface area contributed by atoms with Crippen molar-refractivity contribution in [2.24, 2.45) is 0 Å². The molecule has 1 unspecified atom stereocenters. The van der Waals surface area contributed by atoms with Crippen molar-refractivity contribution >= 4 is 11.7 Å². The van der Waals surface area contributed by atoms with Gasteiger partial charge in [0, 0.05) is 6.54 Å². The van der Waals surface area contributed by atoms with Crippen LogP contribution in [0.2, 0.25) is 0 Å². The van der Waals surface area contributed by atoms with E-state index < -0.39 is 0 Å². The summed E-state index contributed by atoms with van der Waals surface area (Å²) in [5.74, 6) is -0.103. The van der Waals surface area contributed by atoms with Gasteiger partial charge in [-0.3, -0.25) is 9.78 Å². The van der Waals surface area contributed by atoms with Crippen molar-refractivity contribution in [3.63, 3.8) is 0 Å². The van der Waals surface area contributed by atoms with Crippen molar-refractivity contribution in [1.82, 2.24) is 15.3 Å². The quantitative estimate of drug-likeness (QED) is 0.715. The Labute approximate surface area is 98.3 Å². The number of carbonyl (C=O) groups excluding carboxylic acids is 1. The molecule has 1 saturated heterocycles. The molecule has 3 N–H and O–H groups in total.